The molecular weight excluding hydrogens is 296 g/mol. The lowest BCUT2D eigenvalue weighted by atomic mass is 10.1. The summed E-state index contributed by atoms with van der Waals surface area (Å²) in [6.07, 6.45) is 0.914. The first-order valence-electron chi connectivity index (χ1n) is 7.33. The molecule has 2 aromatic carbocycles. The predicted molar refractivity (Wildman–Crippen MR) is 86.4 cm³/mol. The molecule has 6 nitrogen and oxygen atoms in total. The van der Waals surface area contributed by atoms with Crippen molar-refractivity contribution in [3.63, 3.8) is 0 Å². The molecule has 2 rings (SSSR count). The van der Waals surface area contributed by atoms with Crippen molar-refractivity contribution in [1.29, 1.82) is 0 Å². The minimum Gasteiger partial charge on any atom is -0.461 e. The molecule has 2 aromatic rings. The maximum absolute atomic E-state index is 11.8. The second kappa shape index (κ2) is 8.65. The van der Waals surface area contributed by atoms with Gasteiger partial charge in [-0.2, -0.15) is 0 Å². The number of nitrogens with one attached hydrogen (secondary N) is 1. The number of esters is 1. The molecule has 0 aliphatic carbocycles. The highest BCUT2D eigenvalue weighted by Crippen LogP contribution is 2.12. The Hall–Kier alpha value is -2.73. The van der Waals surface area contributed by atoms with Crippen LogP contribution in [0.2, 0.25) is 0 Å². The number of benzene rings is 2. The zero-order valence-corrected chi connectivity index (χ0v) is 12.6. The number of nitrogens with zero attached hydrogens (tertiary/aromatic N) is 1. The van der Waals surface area contributed by atoms with Crippen molar-refractivity contribution in [2.45, 2.75) is 6.42 Å². The standard InChI is InChI=1S/C17H18N2O4/c20-17(15-6-8-16(9-7-15)19(21)22)23-13-12-18-11-10-14-4-2-1-3-5-14/h1-9,18H,10-13H2. The largest absolute Gasteiger partial charge is 0.461 e. The molecule has 0 aliphatic rings. The minimum absolute atomic E-state index is 0.0517. The fraction of sp³-hybridized carbons (Fsp3) is 0.235. The van der Waals surface area contributed by atoms with Crippen molar-refractivity contribution in [2.24, 2.45) is 0 Å². The molecule has 0 saturated heterocycles. The van der Waals surface area contributed by atoms with E-state index >= 15 is 0 Å². The molecular formula is C17H18N2O4. The predicted octanol–water partition coefficient (Wildman–Crippen LogP) is 2.58. The first-order chi connectivity index (χ1) is 11.2. The smallest absolute Gasteiger partial charge is 0.338 e. The number of ether oxygens (including phenoxy) is 1. The van der Waals surface area contributed by atoms with Gasteiger partial charge in [0, 0.05) is 18.7 Å². The Balaban J connectivity index is 1.64. The summed E-state index contributed by atoms with van der Waals surface area (Å²) in [5, 5.41) is 13.7. The summed E-state index contributed by atoms with van der Waals surface area (Å²) in [5.74, 6) is -0.482. The highest BCUT2D eigenvalue weighted by atomic mass is 16.6. The number of carbonyl (C=O) groups is 1. The van der Waals surface area contributed by atoms with E-state index < -0.39 is 10.9 Å². The Morgan fingerprint density at radius 3 is 2.39 bits per heavy atom. The molecule has 120 valence electrons. The first-order valence-corrected chi connectivity index (χ1v) is 7.33. The van der Waals surface area contributed by atoms with Crippen LogP contribution in [0.25, 0.3) is 0 Å². The second-order valence-corrected chi connectivity index (χ2v) is 4.93. The van der Waals surface area contributed by atoms with Gasteiger partial charge in [0.1, 0.15) is 6.61 Å². The second-order valence-electron chi connectivity index (χ2n) is 4.93. The Morgan fingerprint density at radius 1 is 1.04 bits per heavy atom. The third kappa shape index (κ3) is 5.52. The van der Waals surface area contributed by atoms with Crippen molar-refractivity contribution in [3.8, 4) is 0 Å². The van der Waals surface area contributed by atoms with E-state index in [2.05, 4.69) is 17.4 Å². The van der Waals surface area contributed by atoms with Gasteiger partial charge in [-0.05, 0) is 30.7 Å². The summed E-state index contributed by atoms with van der Waals surface area (Å²) >= 11 is 0. The zero-order valence-electron chi connectivity index (χ0n) is 12.6. The summed E-state index contributed by atoms with van der Waals surface area (Å²) in [4.78, 5) is 21.8. The number of nitro benzene ring substituents is 1. The van der Waals surface area contributed by atoms with Crippen LogP contribution in [0.5, 0.6) is 0 Å². The minimum atomic E-state index is -0.508. The van der Waals surface area contributed by atoms with Gasteiger partial charge in [-0.1, -0.05) is 30.3 Å². The third-order valence-electron chi connectivity index (χ3n) is 3.26. The van der Waals surface area contributed by atoms with Gasteiger partial charge >= 0.3 is 5.97 Å². The first kappa shape index (κ1) is 16.6. The van der Waals surface area contributed by atoms with Gasteiger partial charge in [0.2, 0.25) is 0 Å². The van der Waals surface area contributed by atoms with Gasteiger partial charge < -0.3 is 10.1 Å². The lowest BCUT2D eigenvalue weighted by Crippen LogP contribution is -2.23. The van der Waals surface area contributed by atoms with Gasteiger partial charge in [0.05, 0.1) is 10.5 Å². The Bertz CT molecular complexity index is 641. The molecule has 1 N–H and O–H groups in total. The van der Waals surface area contributed by atoms with Gasteiger partial charge in [-0.25, -0.2) is 4.79 Å². The van der Waals surface area contributed by atoms with E-state index in [9.17, 15) is 14.9 Å². The monoisotopic (exact) mass is 314 g/mol. The lowest BCUT2D eigenvalue weighted by Gasteiger charge is -2.06. The van der Waals surface area contributed by atoms with Crippen LogP contribution in [0, 0.1) is 10.1 Å². The molecule has 0 radical (unpaired) electrons. The topological polar surface area (TPSA) is 81.5 Å². The molecule has 0 aliphatic heterocycles. The average Bonchev–Trinajstić information content (AvgIpc) is 2.58. The van der Waals surface area contributed by atoms with Crippen molar-refractivity contribution >= 4 is 11.7 Å². The molecule has 6 heteroatoms. The Kier molecular flexibility index (Phi) is 6.26. The summed E-state index contributed by atoms with van der Waals surface area (Å²) < 4.78 is 5.11. The summed E-state index contributed by atoms with van der Waals surface area (Å²) in [5.41, 5.74) is 1.51. The molecule has 0 unspecified atom stereocenters. The van der Waals surface area contributed by atoms with Gasteiger partial charge in [-0.3, -0.25) is 10.1 Å². The number of hydrogen-bond donors (Lipinski definition) is 1. The molecule has 0 aromatic heterocycles. The summed E-state index contributed by atoms with van der Waals surface area (Å²) in [6.45, 7) is 1.62. The fourth-order valence-electron chi connectivity index (χ4n) is 2.02. The number of hydrogen-bond acceptors (Lipinski definition) is 5. The normalized spacial score (nSPS) is 10.3. The van der Waals surface area contributed by atoms with E-state index in [1.807, 2.05) is 18.2 Å². The van der Waals surface area contributed by atoms with Crippen LogP contribution in [0.3, 0.4) is 0 Å². The maximum Gasteiger partial charge on any atom is 0.338 e. The van der Waals surface area contributed by atoms with E-state index in [0.29, 0.717) is 12.1 Å². The van der Waals surface area contributed by atoms with Gasteiger partial charge in [0.15, 0.2) is 0 Å². The molecule has 0 heterocycles. The van der Waals surface area contributed by atoms with Crippen molar-refractivity contribution < 1.29 is 14.5 Å². The van der Waals surface area contributed by atoms with Crippen molar-refractivity contribution in [1.82, 2.24) is 5.32 Å². The van der Waals surface area contributed by atoms with E-state index in [-0.39, 0.29) is 12.3 Å². The maximum atomic E-state index is 11.8. The molecule has 0 saturated carbocycles. The number of carbonyl (C=O) groups excluding carboxylic acids is 1. The Morgan fingerprint density at radius 2 is 1.74 bits per heavy atom. The molecule has 0 bridgehead atoms. The number of nitro groups is 1. The van der Waals surface area contributed by atoms with Crippen LogP contribution in [0.1, 0.15) is 15.9 Å². The summed E-state index contributed by atoms with van der Waals surface area (Å²) in [6, 6.07) is 15.5. The van der Waals surface area contributed by atoms with Gasteiger partial charge in [-0.15, -0.1) is 0 Å². The van der Waals surface area contributed by atoms with Crippen LogP contribution in [-0.2, 0) is 11.2 Å². The van der Waals surface area contributed by atoms with Crippen molar-refractivity contribution in [3.05, 3.63) is 75.8 Å². The SMILES string of the molecule is O=C(OCCNCCc1ccccc1)c1ccc([N+](=O)[O-])cc1. The van der Waals surface area contributed by atoms with E-state index in [1.54, 1.807) is 0 Å². The molecule has 0 fully saturated rings. The van der Waals surface area contributed by atoms with Crippen LogP contribution < -0.4 is 5.32 Å². The molecule has 0 atom stereocenters. The number of non-ortho nitro benzene ring substituents is 1. The third-order valence-corrected chi connectivity index (χ3v) is 3.26. The van der Waals surface area contributed by atoms with Gasteiger partial charge in [0.25, 0.3) is 5.69 Å². The van der Waals surface area contributed by atoms with Crippen LogP contribution in [-0.4, -0.2) is 30.6 Å². The van der Waals surface area contributed by atoms with E-state index in [0.717, 1.165) is 13.0 Å². The van der Waals surface area contributed by atoms with Crippen LogP contribution >= 0.6 is 0 Å². The van der Waals surface area contributed by atoms with Crippen molar-refractivity contribution in [2.75, 3.05) is 19.7 Å². The fourth-order valence-corrected chi connectivity index (χ4v) is 2.02. The lowest BCUT2D eigenvalue weighted by molar-refractivity contribution is -0.384. The van der Waals surface area contributed by atoms with Crippen LogP contribution in [0.15, 0.2) is 54.6 Å². The Labute approximate surface area is 134 Å². The zero-order chi connectivity index (χ0) is 16.5. The van der Waals surface area contributed by atoms with E-state index in [1.165, 1.54) is 29.8 Å². The quantitative estimate of drug-likeness (QED) is 0.350. The summed E-state index contributed by atoms with van der Waals surface area (Å²) in [7, 11) is 0. The molecule has 0 spiro atoms. The molecule has 0 amide bonds. The van der Waals surface area contributed by atoms with E-state index in [4.69, 9.17) is 4.74 Å². The highest BCUT2D eigenvalue weighted by Gasteiger charge is 2.10. The number of rotatable bonds is 8. The average molecular weight is 314 g/mol. The molecule has 23 heavy (non-hydrogen) atoms. The highest BCUT2D eigenvalue weighted by molar-refractivity contribution is 5.89. The van der Waals surface area contributed by atoms with Crippen LogP contribution in [0.4, 0.5) is 5.69 Å².